The molecule has 8 heteroatoms. The number of hydrogen-bond donors (Lipinski definition) is 0. The van der Waals surface area contributed by atoms with E-state index in [2.05, 4.69) is 51.7 Å². The largest absolute Gasteiger partial charge is 0.352 e. The second kappa shape index (κ2) is 8.94. The van der Waals surface area contributed by atoms with Gasteiger partial charge in [0.05, 0.1) is 5.69 Å². The van der Waals surface area contributed by atoms with Crippen LogP contribution in [0, 0.1) is 13.8 Å². The fraction of sp³-hybridized carbons (Fsp3) is 0.458. The van der Waals surface area contributed by atoms with Crippen molar-refractivity contribution in [3.8, 4) is 0 Å². The van der Waals surface area contributed by atoms with E-state index in [0.717, 1.165) is 62.7 Å². The zero-order chi connectivity index (χ0) is 22.1. The van der Waals surface area contributed by atoms with E-state index in [0.29, 0.717) is 17.1 Å². The molecule has 2 aliphatic heterocycles. The summed E-state index contributed by atoms with van der Waals surface area (Å²) >= 11 is 1.18. The molecule has 0 N–H and O–H groups in total. The molecule has 0 unspecified atom stereocenters. The lowest BCUT2D eigenvalue weighted by Gasteiger charge is -2.34. The highest BCUT2D eigenvalue weighted by molar-refractivity contribution is 7.07. The summed E-state index contributed by atoms with van der Waals surface area (Å²) in [6, 6.07) is 10.6. The molecule has 1 atom stereocenters. The summed E-state index contributed by atoms with van der Waals surface area (Å²) in [5.41, 5.74) is 4.35. The minimum absolute atomic E-state index is 0.0302. The lowest BCUT2D eigenvalue weighted by atomic mass is 9.95. The number of amides is 1. The Labute approximate surface area is 192 Å². The van der Waals surface area contributed by atoms with E-state index in [9.17, 15) is 4.79 Å². The van der Waals surface area contributed by atoms with Gasteiger partial charge < -0.3 is 9.80 Å². The standard InChI is InChI=1S/C24H28N6OS/c1-16-20-11-7-12-29(14-18-8-4-3-5-9-18)23(20)26-22(25-16)19-10-6-13-30(15-19)24(31)21-17(2)27-28-32-21/h3-5,8-9,19H,6-7,10-15H2,1-2H3/t19-/m1/s1. The maximum atomic E-state index is 13.0. The van der Waals surface area contributed by atoms with Crippen molar-refractivity contribution in [2.45, 2.75) is 52.0 Å². The van der Waals surface area contributed by atoms with Crippen LogP contribution in [0.5, 0.6) is 0 Å². The highest BCUT2D eigenvalue weighted by atomic mass is 32.1. The lowest BCUT2D eigenvalue weighted by Crippen LogP contribution is -2.40. The Kier molecular flexibility index (Phi) is 5.87. The molecule has 3 aromatic rings. The number of piperidine rings is 1. The third-order valence-electron chi connectivity index (χ3n) is 6.50. The van der Waals surface area contributed by atoms with Crippen LogP contribution in [0.2, 0.25) is 0 Å². The molecule has 1 saturated heterocycles. The van der Waals surface area contributed by atoms with Crippen LogP contribution in [0.15, 0.2) is 30.3 Å². The molecule has 4 heterocycles. The topological polar surface area (TPSA) is 75.1 Å². The molecule has 7 nitrogen and oxygen atoms in total. The van der Waals surface area contributed by atoms with Crippen molar-refractivity contribution in [2.24, 2.45) is 0 Å². The number of rotatable bonds is 4. The first-order chi connectivity index (χ1) is 15.6. The van der Waals surface area contributed by atoms with Crippen LogP contribution >= 0.6 is 11.5 Å². The van der Waals surface area contributed by atoms with Gasteiger partial charge in [0.1, 0.15) is 16.5 Å². The van der Waals surface area contributed by atoms with Crippen LogP contribution in [-0.2, 0) is 13.0 Å². The Hall–Kier alpha value is -2.87. The Morgan fingerprint density at radius 3 is 2.72 bits per heavy atom. The van der Waals surface area contributed by atoms with Crippen LogP contribution < -0.4 is 4.90 Å². The van der Waals surface area contributed by atoms with Crippen molar-refractivity contribution in [3.63, 3.8) is 0 Å². The van der Waals surface area contributed by atoms with E-state index in [1.54, 1.807) is 0 Å². The third kappa shape index (κ3) is 4.11. The molecule has 1 fully saturated rings. The van der Waals surface area contributed by atoms with Gasteiger partial charge in [0.25, 0.3) is 5.91 Å². The van der Waals surface area contributed by atoms with E-state index >= 15 is 0 Å². The number of aryl methyl sites for hydroxylation is 2. The van der Waals surface area contributed by atoms with Gasteiger partial charge in [-0.15, -0.1) is 5.10 Å². The van der Waals surface area contributed by atoms with Gasteiger partial charge in [0.15, 0.2) is 0 Å². The second-order valence-corrected chi connectivity index (χ2v) is 9.51. The maximum Gasteiger partial charge on any atom is 0.267 e. The van der Waals surface area contributed by atoms with E-state index in [1.807, 2.05) is 11.8 Å². The fourth-order valence-corrected chi connectivity index (χ4v) is 5.42. The van der Waals surface area contributed by atoms with Gasteiger partial charge >= 0.3 is 0 Å². The number of anilines is 1. The minimum atomic E-state index is 0.0302. The van der Waals surface area contributed by atoms with Gasteiger partial charge in [-0.3, -0.25) is 4.79 Å². The number of carbonyl (C=O) groups is 1. The maximum absolute atomic E-state index is 13.0. The molecule has 0 radical (unpaired) electrons. The number of nitrogens with zero attached hydrogens (tertiary/aromatic N) is 6. The normalized spacial score (nSPS) is 18.5. The van der Waals surface area contributed by atoms with Gasteiger partial charge in [-0.25, -0.2) is 9.97 Å². The number of aromatic nitrogens is 4. The van der Waals surface area contributed by atoms with Crippen molar-refractivity contribution >= 4 is 23.3 Å². The number of hydrogen-bond acceptors (Lipinski definition) is 7. The van der Waals surface area contributed by atoms with Crippen LogP contribution in [0.4, 0.5) is 5.82 Å². The van der Waals surface area contributed by atoms with Crippen LogP contribution in [0.25, 0.3) is 0 Å². The fourth-order valence-electron chi connectivity index (χ4n) is 4.79. The van der Waals surface area contributed by atoms with E-state index in [1.165, 1.54) is 22.7 Å². The molecule has 32 heavy (non-hydrogen) atoms. The minimum Gasteiger partial charge on any atom is -0.352 e. The average molecular weight is 449 g/mol. The van der Waals surface area contributed by atoms with Crippen molar-refractivity contribution in [1.82, 2.24) is 24.5 Å². The second-order valence-electron chi connectivity index (χ2n) is 8.76. The zero-order valence-corrected chi connectivity index (χ0v) is 19.4. The quantitative estimate of drug-likeness (QED) is 0.602. The Bertz CT molecular complexity index is 1110. The summed E-state index contributed by atoms with van der Waals surface area (Å²) in [7, 11) is 0. The molecule has 0 spiro atoms. The van der Waals surface area contributed by atoms with E-state index < -0.39 is 0 Å². The predicted octanol–water partition coefficient (Wildman–Crippen LogP) is 3.92. The van der Waals surface area contributed by atoms with Gasteiger partial charge in [0, 0.05) is 43.4 Å². The molecule has 0 bridgehead atoms. The molecule has 0 aliphatic carbocycles. The molecule has 1 amide bonds. The number of likely N-dealkylation sites (tertiary alicyclic amines) is 1. The first-order valence-corrected chi connectivity index (χ1v) is 12.1. The first-order valence-electron chi connectivity index (χ1n) is 11.3. The Morgan fingerprint density at radius 2 is 1.94 bits per heavy atom. The molecule has 5 rings (SSSR count). The predicted molar refractivity (Wildman–Crippen MR) is 125 cm³/mol. The monoisotopic (exact) mass is 448 g/mol. The smallest absolute Gasteiger partial charge is 0.267 e. The summed E-state index contributed by atoms with van der Waals surface area (Å²) in [5, 5.41) is 4.00. The van der Waals surface area contributed by atoms with Gasteiger partial charge in [-0.2, -0.15) is 0 Å². The molecule has 2 aliphatic rings. The Morgan fingerprint density at radius 1 is 1.09 bits per heavy atom. The Balaban J connectivity index is 1.40. The molecule has 2 aromatic heterocycles. The molecular weight excluding hydrogens is 420 g/mol. The van der Waals surface area contributed by atoms with Crippen LogP contribution in [0.3, 0.4) is 0 Å². The van der Waals surface area contributed by atoms with Gasteiger partial charge in [-0.05, 0) is 56.6 Å². The van der Waals surface area contributed by atoms with E-state index in [-0.39, 0.29) is 11.8 Å². The number of fused-ring (bicyclic) bond motifs is 1. The lowest BCUT2D eigenvalue weighted by molar-refractivity contribution is 0.0708. The van der Waals surface area contributed by atoms with Crippen molar-refractivity contribution in [2.75, 3.05) is 24.5 Å². The molecule has 1 aromatic carbocycles. The summed E-state index contributed by atoms with van der Waals surface area (Å²) in [5.74, 6) is 2.13. The zero-order valence-electron chi connectivity index (χ0n) is 18.6. The van der Waals surface area contributed by atoms with Crippen LogP contribution in [-0.4, -0.2) is 50.0 Å². The SMILES string of the molecule is Cc1nnsc1C(=O)N1CCC[C@@H](c2nc(C)c3c(n2)N(Cc2ccccc2)CCC3)C1. The summed E-state index contributed by atoms with van der Waals surface area (Å²) in [6.07, 6.45) is 4.10. The van der Waals surface area contributed by atoms with Gasteiger partial charge in [-0.1, -0.05) is 34.8 Å². The first kappa shape index (κ1) is 21.0. The highest BCUT2D eigenvalue weighted by Gasteiger charge is 2.31. The molecule has 166 valence electrons. The van der Waals surface area contributed by atoms with Crippen molar-refractivity contribution in [1.29, 1.82) is 0 Å². The molecule has 0 saturated carbocycles. The van der Waals surface area contributed by atoms with Crippen molar-refractivity contribution < 1.29 is 4.79 Å². The highest BCUT2D eigenvalue weighted by Crippen LogP contribution is 2.33. The van der Waals surface area contributed by atoms with Gasteiger partial charge in [0.2, 0.25) is 0 Å². The molecular formula is C24H28N6OS. The van der Waals surface area contributed by atoms with Crippen molar-refractivity contribution in [3.05, 3.63) is 63.5 Å². The number of carbonyl (C=O) groups excluding carboxylic acids is 1. The van der Waals surface area contributed by atoms with E-state index in [4.69, 9.17) is 9.97 Å². The summed E-state index contributed by atoms with van der Waals surface area (Å²) in [4.78, 5) is 28.0. The summed E-state index contributed by atoms with van der Waals surface area (Å²) in [6.45, 7) is 7.22. The average Bonchev–Trinajstić information content (AvgIpc) is 3.25. The van der Waals surface area contributed by atoms with Crippen LogP contribution in [0.1, 0.15) is 63.2 Å². The summed E-state index contributed by atoms with van der Waals surface area (Å²) < 4.78 is 3.93. The number of benzene rings is 1. The third-order valence-corrected chi connectivity index (χ3v) is 7.32.